The normalized spacial score (nSPS) is 12.7. The molecule has 0 aliphatic rings. The lowest BCUT2D eigenvalue weighted by Gasteiger charge is -2.22. The number of benzene rings is 2. The molecule has 2 aromatic carbocycles. The third-order valence-electron chi connectivity index (χ3n) is 5.54. The minimum Gasteiger partial charge on any atom is -0.200 e. The van der Waals surface area contributed by atoms with Crippen molar-refractivity contribution < 1.29 is 5.94 Å². The van der Waals surface area contributed by atoms with E-state index in [1.54, 1.807) is 0 Å². The van der Waals surface area contributed by atoms with E-state index >= 15 is 0 Å². The molecule has 0 N–H and O–H groups in total. The molecule has 0 fully saturated rings. The Morgan fingerprint density at radius 2 is 1.69 bits per heavy atom. The number of fused-ring (bicyclic) bond motifs is 1. The molecule has 3 aromatic rings. The summed E-state index contributed by atoms with van der Waals surface area (Å²) in [5.41, 5.74) is 7.71. The van der Waals surface area contributed by atoms with Crippen molar-refractivity contribution in [1.82, 2.24) is 0 Å². The van der Waals surface area contributed by atoms with Gasteiger partial charge in [0.05, 0.1) is 10.9 Å². The number of pyridine rings is 1. The van der Waals surface area contributed by atoms with Gasteiger partial charge in [-0.3, -0.25) is 0 Å². The summed E-state index contributed by atoms with van der Waals surface area (Å²) in [6.07, 6.45) is 0.539. The van der Waals surface area contributed by atoms with Crippen LogP contribution in [-0.2, 0) is 12.5 Å². The molecule has 1 nitrogen and oxygen atoms in total. The van der Waals surface area contributed by atoms with Gasteiger partial charge in [-0.05, 0) is 65.0 Å². The zero-order valence-electron chi connectivity index (χ0n) is 18.5. The van der Waals surface area contributed by atoms with Crippen molar-refractivity contribution in [3.8, 4) is 11.3 Å². The van der Waals surface area contributed by atoms with Crippen LogP contribution in [-0.4, -0.2) is 0 Å². The van der Waals surface area contributed by atoms with E-state index < -0.39 is 0 Å². The maximum absolute atomic E-state index is 8.53. The Morgan fingerprint density at radius 3 is 2.31 bits per heavy atom. The summed E-state index contributed by atoms with van der Waals surface area (Å²) >= 11 is 0. The number of aryl methyl sites for hydroxylation is 1. The monoisotopic (exact) mass is 347 g/mol. The molecule has 0 saturated carbocycles. The minimum atomic E-state index is 0.0883. The lowest BCUT2D eigenvalue weighted by molar-refractivity contribution is -0.659. The average molecular weight is 348 g/mol. The zero-order chi connectivity index (χ0) is 20.1. The Morgan fingerprint density at radius 1 is 1.00 bits per heavy atom. The van der Waals surface area contributed by atoms with Gasteiger partial charge >= 0.3 is 0 Å². The lowest BCUT2D eigenvalue weighted by Crippen LogP contribution is -2.31. The Kier molecular flexibility index (Phi) is 4.34. The minimum absolute atomic E-state index is 0.0883. The number of hydrogen-bond acceptors (Lipinski definition) is 0. The van der Waals surface area contributed by atoms with E-state index in [1.807, 2.05) is 17.7 Å². The van der Waals surface area contributed by atoms with Crippen LogP contribution in [0, 0.1) is 13.8 Å². The second kappa shape index (κ2) is 6.54. The van der Waals surface area contributed by atoms with Gasteiger partial charge in [0, 0.05) is 6.07 Å². The highest BCUT2D eigenvalue weighted by Crippen LogP contribution is 2.34. The summed E-state index contributed by atoms with van der Waals surface area (Å²) in [6, 6.07) is 13.3. The molecule has 136 valence electrons. The Hall–Kier alpha value is -2.15. The van der Waals surface area contributed by atoms with Crippen LogP contribution in [0.25, 0.3) is 22.0 Å². The summed E-state index contributed by atoms with van der Waals surface area (Å²) in [7, 11) is 2.01. The first-order valence-corrected chi connectivity index (χ1v) is 9.56. The molecule has 1 heterocycles. The van der Waals surface area contributed by atoms with E-state index in [1.165, 1.54) is 33.2 Å². The molecule has 0 aliphatic carbocycles. The largest absolute Gasteiger partial charge is 0.220 e. The van der Waals surface area contributed by atoms with Gasteiger partial charge in [0.15, 0.2) is 6.17 Å². The summed E-state index contributed by atoms with van der Waals surface area (Å²) in [5.74, 6) is 0.481. The number of nitrogens with zero attached hydrogens (tertiary/aromatic N) is 1. The molecule has 1 aromatic heterocycles. The van der Waals surface area contributed by atoms with Gasteiger partial charge in [-0.1, -0.05) is 52.8 Å². The Balaban J connectivity index is 2.41. The fourth-order valence-corrected chi connectivity index (χ4v) is 3.55. The number of hydrogen-bond donors (Lipinski definition) is 0. The van der Waals surface area contributed by atoms with Crippen molar-refractivity contribution in [2.24, 2.45) is 7.05 Å². The fraction of sp³-hybridized carbons (Fsp3) is 0.400. The molecule has 0 spiro atoms. The van der Waals surface area contributed by atoms with Crippen LogP contribution < -0.4 is 4.57 Å². The molecule has 1 heteroatoms. The Bertz CT molecular complexity index is 1020. The first-order chi connectivity index (χ1) is 12.5. The highest BCUT2D eigenvalue weighted by atomic mass is 14.9. The maximum Gasteiger partial charge on any atom is 0.220 e. The van der Waals surface area contributed by atoms with Crippen LogP contribution in [0.4, 0.5) is 0 Å². The summed E-state index contributed by atoms with van der Waals surface area (Å²) in [5, 5.41) is 2.36. The van der Waals surface area contributed by atoms with E-state index in [9.17, 15) is 0 Å². The summed E-state index contributed by atoms with van der Waals surface area (Å²) in [4.78, 5) is 0. The first kappa shape index (κ1) is 17.3. The van der Waals surface area contributed by atoms with Gasteiger partial charge in [0.2, 0.25) is 5.69 Å². The Labute approximate surface area is 160 Å². The van der Waals surface area contributed by atoms with E-state index in [-0.39, 0.29) is 5.41 Å². The topological polar surface area (TPSA) is 3.88 Å². The second-order valence-corrected chi connectivity index (χ2v) is 8.90. The third-order valence-corrected chi connectivity index (χ3v) is 5.54. The van der Waals surface area contributed by atoms with Crippen LogP contribution in [0.2, 0.25) is 0 Å². The van der Waals surface area contributed by atoms with Crippen LogP contribution in [0.3, 0.4) is 0 Å². The van der Waals surface area contributed by atoms with Gasteiger partial charge in [0.1, 0.15) is 8.42 Å². The van der Waals surface area contributed by atoms with Crippen molar-refractivity contribution >= 4 is 10.8 Å². The SMILES string of the molecule is [2H]c1cc2cc(C(C)C)ccc2c(-c2cc(C(C)(C)C)cc(C)c2C)[n+]1C. The van der Waals surface area contributed by atoms with Crippen molar-refractivity contribution in [2.45, 2.75) is 59.8 Å². The van der Waals surface area contributed by atoms with Crippen molar-refractivity contribution in [3.63, 3.8) is 0 Å². The summed E-state index contributed by atoms with van der Waals surface area (Å²) in [6.45, 7) is 15.6. The molecular formula is C25H32N+. The highest BCUT2D eigenvalue weighted by molar-refractivity contribution is 5.94. The standard InChI is InChI=1S/C25H32N/c1-16(2)19-9-10-22-20(14-19)11-12-26(8)24(22)23-15-21(25(5,6)7)13-17(3)18(23)4/h9-16H,1-8H3/q+1/i12D. The van der Waals surface area contributed by atoms with E-state index in [0.717, 1.165) is 11.1 Å². The molecule has 0 aliphatic heterocycles. The molecule has 26 heavy (non-hydrogen) atoms. The first-order valence-electron chi connectivity index (χ1n) is 10.1. The second-order valence-electron chi connectivity index (χ2n) is 8.90. The fourth-order valence-electron chi connectivity index (χ4n) is 3.55. The maximum atomic E-state index is 8.53. The molecular weight excluding hydrogens is 314 g/mol. The molecule has 0 radical (unpaired) electrons. The molecule has 3 rings (SSSR count). The van der Waals surface area contributed by atoms with E-state index in [4.69, 9.17) is 1.37 Å². The van der Waals surface area contributed by atoms with Crippen LogP contribution >= 0.6 is 0 Å². The van der Waals surface area contributed by atoms with Gasteiger partial charge in [-0.25, -0.2) is 4.57 Å². The molecule has 0 bridgehead atoms. The van der Waals surface area contributed by atoms with Crippen molar-refractivity contribution in [2.75, 3.05) is 0 Å². The van der Waals surface area contributed by atoms with Gasteiger partial charge in [-0.2, -0.15) is 0 Å². The highest BCUT2D eigenvalue weighted by Gasteiger charge is 2.22. The van der Waals surface area contributed by atoms with Gasteiger partial charge in [-0.15, -0.1) is 0 Å². The lowest BCUT2D eigenvalue weighted by atomic mass is 9.82. The van der Waals surface area contributed by atoms with E-state index in [2.05, 4.69) is 78.8 Å². The number of rotatable bonds is 2. The summed E-state index contributed by atoms with van der Waals surface area (Å²) < 4.78 is 10.6. The van der Waals surface area contributed by atoms with Gasteiger partial charge in [0.25, 0.3) is 0 Å². The van der Waals surface area contributed by atoms with Crippen LogP contribution in [0.5, 0.6) is 0 Å². The van der Waals surface area contributed by atoms with Crippen LogP contribution in [0.1, 0.15) is 64.2 Å². The molecule has 0 unspecified atom stereocenters. The number of aromatic nitrogens is 1. The molecule has 0 saturated heterocycles. The zero-order valence-corrected chi connectivity index (χ0v) is 17.5. The average Bonchev–Trinajstić information content (AvgIpc) is 2.57. The smallest absolute Gasteiger partial charge is 0.200 e. The van der Waals surface area contributed by atoms with Crippen LogP contribution in [0.15, 0.2) is 42.6 Å². The predicted octanol–water partition coefficient (Wildman–Crippen LogP) is 6.37. The molecule has 0 amide bonds. The molecule has 0 atom stereocenters. The predicted molar refractivity (Wildman–Crippen MR) is 113 cm³/mol. The third kappa shape index (κ3) is 3.28. The van der Waals surface area contributed by atoms with E-state index in [0.29, 0.717) is 12.1 Å². The quantitative estimate of drug-likeness (QED) is 0.474. The van der Waals surface area contributed by atoms with Gasteiger partial charge < -0.3 is 0 Å². The van der Waals surface area contributed by atoms with Crippen molar-refractivity contribution in [1.29, 1.82) is 0 Å². The van der Waals surface area contributed by atoms with Crippen molar-refractivity contribution in [3.05, 3.63) is 64.8 Å².